The highest BCUT2D eigenvalue weighted by Crippen LogP contribution is 2.14. The number of pyridine rings is 1. The van der Waals surface area contributed by atoms with Gasteiger partial charge in [-0.25, -0.2) is 14.6 Å². The van der Waals surface area contributed by atoms with Crippen LogP contribution < -0.4 is 10.6 Å². The van der Waals surface area contributed by atoms with Crippen molar-refractivity contribution in [1.82, 2.24) is 10.3 Å². The predicted molar refractivity (Wildman–Crippen MR) is 108 cm³/mol. The Hall–Kier alpha value is -3.42. The van der Waals surface area contributed by atoms with Crippen molar-refractivity contribution in [3.63, 3.8) is 0 Å². The van der Waals surface area contributed by atoms with Crippen LogP contribution in [-0.4, -0.2) is 35.7 Å². The first kappa shape index (κ1) is 21.9. The lowest BCUT2D eigenvalue weighted by molar-refractivity contribution is 0.0522. The van der Waals surface area contributed by atoms with Gasteiger partial charge in [0.05, 0.1) is 12.7 Å². The number of hydrogen-bond donors (Lipinski definition) is 2. The number of alkyl carbamates (subject to hydrolysis) is 1. The third kappa shape index (κ3) is 6.91. The van der Waals surface area contributed by atoms with Gasteiger partial charge in [-0.1, -0.05) is 6.07 Å². The van der Waals surface area contributed by atoms with Crippen LogP contribution in [0.2, 0.25) is 0 Å². The Morgan fingerprint density at radius 3 is 2.41 bits per heavy atom. The van der Waals surface area contributed by atoms with E-state index in [1.807, 2.05) is 0 Å². The number of aryl methyl sites for hydroxylation is 1. The highest BCUT2D eigenvalue weighted by atomic mass is 16.6. The molecule has 0 aliphatic heterocycles. The maximum absolute atomic E-state index is 12.5. The average molecular weight is 399 g/mol. The lowest BCUT2D eigenvalue weighted by Gasteiger charge is -2.19. The fourth-order valence-electron chi connectivity index (χ4n) is 2.49. The summed E-state index contributed by atoms with van der Waals surface area (Å²) in [5, 5.41) is 5.37. The largest absolute Gasteiger partial charge is 0.465 e. The minimum Gasteiger partial charge on any atom is -0.465 e. The number of ether oxygens (including phenoxy) is 2. The number of nitrogens with one attached hydrogen (secondary N) is 2. The summed E-state index contributed by atoms with van der Waals surface area (Å²) in [6.07, 6.45) is -0.530. The number of benzene rings is 1. The average Bonchev–Trinajstić information content (AvgIpc) is 2.64. The summed E-state index contributed by atoms with van der Waals surface area (Å²) in [5.74, 6) is -0.608. The Morgan fingerprint density at radius 1 is 1.07 bits per heavy atom. The van der Waals surface area contributed by atoms with Gasteiger partial charge in [-0.15, -0.1) is 0 Å². The van der Waals surface area contributed by atoms with E-state index in [-0.39, 0.29) is 12.1 Å². The van der Waals surface area contributed by atoms with Crippen LogP contribution in [0.15, 0.2) is 36.4 Å². The van der Waals surface area contributed by atoms with Crippen LogP contribution in [0.3, 0.4) is 0 Å². The van der Waals surface area contributed by atoms with Gasteiger partial charge in [0.1, 0.15) is 11.4 Å². The van der Waals surface area contributed by atoms with Crippen LogP contribution in [0, 0.1) is 6.92 Å². The van der Waals surface area contributed by atoms with Gasteiger partial charge in [0.25, 0.3) is 5.91 Å². The minimum atomic E-state index is -0.587. The van der Waals surface area contributed by atoms with Crippen molar-refractivity contribution in [2.45, 2.75) is 39.8 Å². The van der Waals surface area contributed by atoms with Gasteiger partial charge in [0.15, 0.2) is 0 Å². The summed E-state index contributed by atoms with van der Waals surface area (Å²) in [7, 11) is 1.28. The Labute approximate surface area is 169 Å². The molecule has 8 nitrogen and oxygen atoms in total. The molecule has 1 aromatic heterocycles. The first-order chi connectivity index (χ1) is 13.6. The molecular formula is C21H25N3O5. The Bertz CT molecular complexity index is 919. The summed E-state index contributed by atoms with van der Waals surface area (Å²) in [6, 6.07) is 9.65. The number of methoxy groups -OCH3 is 1. The molecule has 154 valence electrons. The number of carbonyl (C=O) groups is 3. The normalized spacial score (nSPS) is 10.8. The first-order valence-corrected chi connectivity index (χ1v) is 9.01. The Kier molecular flexibility index (Phi) is 6.93. The molecule has 0 saturated heterocycles. The van der Waals surface area contributed by atoms with Crippen molar-refractivity contribution >= 4 is 23.8 Å². The van der Waals surface area contributed by atoms with E-state index in [4.69, 9.17) is 4.74 Å². The van der Waals surface area contributed by atoms with Crippen LogP contribution in [0.4, 0.5) is 10.6 Å². The topological polar surface area (TPSA) is 107 Å². The van der Waals surface area contributed by atoms with E-state index < -0.39 is 23.6 Å². The lowest BCUT2D eigenvalue weighted by atomic mass is 10.1. The van der Waals surface area contributed by atoms with E-state index in [0.29, 0.717) is 17.1 Å². The third-order valence-corrected chi connectivity index (χ3v) is 3.64. The Balaban J connectivity index is 2.09. The molecule has 1 aromatic carbocycles. The summed E-state index contributed by atoms with van der Waals surface area (Å²) in [6.45, 7) is 7.35. The fourth-order valence-corrected chi connectivity index (χ4v) is 2.49. The number of anilines is 1. The number of carbonyl (C=O) groups excluding carboxylic acids is 3. The molecular weight excluding hydrogens is 374 g/mol. The van der Waals surface area contributed by atoms with E-state index >= 15 is 0 Å². The standard InChI is InChI=1S/C21H25N3O5/c1-13-9-14(12-22-20(27)29-21(2,3)4)10-17(23-13)24-18(25)15-7-6-8-16(11-15)19(26)28-5/h6-11H,12H2,1-5H3,(H,22,27)(H,23,24,25). The zero-order valence-corrected chi connectivity index (χ0v) is 17.2. The molecule has 0 aliphatic rings. The first-order valence-electron chi connectivity index (χ1n) is 9.01. The summed E-state index contributed by atoms with van der Waals surface area (Å²) < 4.78 is 9.88. The second-order valence-electron chi connectivity index (χ2n) is 7.38. The molecule has 1 heterocycles. The second kappa shape index (κ2) is 9.18. The number of amides is 2. The molecule has 0 aliphatic carbocycles. The van der Waals surface area contributed by atoms with E-state index in [9.17, 15) is 14.4 Å². The molecule has 2 aromatic rings. The molecule has 2 amide bonds. The monoisotopic (exact) mass is 399 g/mol. The van der Waals surface area contributed by atoms with Crippen molar-refractivity contribution in [2.24, 2.45) is 0 Å². The number of rotatable bonds is 5. The molecule has 0 radical (unpaired) electrons. The fraction of sp³-hybridized carbons (Fsp3) is 0.333. The Morgan fingerprint density at radius 2 is 1.76 bits per heavy atom. The van der Waals surface area contributed by atoms with Crippen molar-refractivity contribution in [3.8, 4) is 0 Å². The molecule has 0 unspecified atom stereocenters. The zero-order chi connectivity index (χ0) is 21.6. The van der Waals surface area contributed by atoms with E-state index in [0.717, 1.165) is 5.56 Å². The van der Waals surface area contributed by atoms with Crippen molar-refractivity contribution in [3.05, 3.63) is 58.8 Å². The SMILES string of the molecule is COC(=O)c1cccc(C(=O)Nc2cc(CNC(=O)OC(C)(C)C)cc(C)n2)c1. The van der Waals surface area contributed by atoms with E-state index in [1.54, 1.807) is 58.0 Å². The molecule has 2 N–H and O–H groups in total. The molecule has 0 fully saturated rings. The van der Waals surface area contributed by atoms with Crippen LogP contribution in [0.5, 0.6) is 0 Å². The minimum absolute atomic E-state index is 0.221. The smallest absolute Gasteiger partial charge is 0.407 e. The van der Waals surface area contributed by atoms with Crippen LogP contribution in [0.1, 0.15) is 52.7 Å². The van der Waals surface area contributed by atoms with Gasteiger partial charge >= 0.3 is 12.1 Å². The molecule has 8 heteroatoms. The summed E-state index contributed by atoms with van der Waals surface area (Å²) in [5.41, 5.74) is 1.41. The maximum atomic E-state index is 12.5. The van der Waals surface area contributed by atoms with Crippen molar-refractivity contribution < 1.29 is 23.9 Å². The number of aromatic nitrogens is 1. The van der Waals surface area contributed by atoms with E-state index in [1.165, 1.54) is 13.2 Å². The van der Waals surface area contributed by atoms with Crippen LogP contribution in [0.25, 0.3) is 0 Å². The summed E-state index contributed by atoms with van der Waals surface area (Å²) in [4.78, 5) is 40.3. The molecule has 0 bridgehead atoms. The maximum Gasteiger partial charge on any atom is 0.407 e. The van der Waals surface area contributed by atoms with Gasteiger partial charge in [-0.3, -0.25) is 4.79 Å². The third-order valence-electron chi connectivity index (χ3n) is 3.64. The number of nitrogens with zero attached hydrogens (tertiary/aromatic N) is 1. The molecule has 29 heavy (non-hydrogen) atoms. The highest BCUT2D eigenvalue weighted by molar-refractivity contribution is 6.05. The van der Waals surface area contributed by atoms with Gasteiger partial charge in [-0.05, 0) is 63.6 Å². The quantitative estimate of drug-likeness (QED) is 0.746. The highest BCUT2D eigenvalue weighted by Gasteiger charge is 2.16. The van der Waals surface area contributed by atoms with Gasteiger partial charge in [-0.2, -0.15) is 0 Å². The zero-order valence-electron chi connectivity index (χ0n) is 17.2. The summed E-state index contributed by atoms with van der Waals surface area (Å²) >= 11 is 0. The van der Waals surface area contributed by atoms with Crippen LogP contribution >= 0.6 is 0 Å². The van der Waals surface area contributed by atoms with Crippen molar-refractivity contribution in [2.75, 3.05) is 12.4 Å². The van der Waals surface area contributed by atoms with Gasteiger partial charge < -0.3 is 20.1 Å². The number of hydrogen-bond acceptors (Lipinski definition) is 6. The molecule has 2 rings (SSSR count). The van der Waals surface area contributed by atoms with Crippen molar-refractivity contribution in [1.29, 1.82) is 0 Å². The predicted octanol–water partition coefficient (Wildman–Crippen LogP) is 3.45. The van der Waals surface area contributed by atoms with Gasteiger partial charge in [0.2, 0.25) is 0 Å². The lowest BCUT2D eigenvalue weighted by Crippen LogP contribution is -2.32. The second-order valence-corrected chi connectivity index (χ2v) is 7.38. The van der Waals surface area contributed by atoms with Gasteiger partial charge in [0, 0.05) is 17.8 Å². The number of esters is 1. The molecule has 0 spiro atoms. The van der Waals surface area contributed by atoms with Crippen LogP contribution in [-0.2, 0) is 16.0 Å². The molecule has 0 atom stereocenters. The molecule has 0 saturated carbocycles. The van der Waals surface area contributed by atoms with E-state index in [2.05, 4.69) is 20.4 Å².